The van der Waals surface area contributed by atoms with Gasteiger partial charge in [0.2, 0.25) is 0 Å². The Balaban J connectivity index is 1.83. The molecule has 72 valence electrons. The van der Waals surface area contributed by atoms with Crippen LogP contribution in [0, 0.1) is 5.92 Å². The van der Waals surface area contributed by atoms with Gasteiger partial charge in [-0.25, -0.2) is 0 Å². The molecule has 0 aliphatic heterocycles. The van der Waals surface area contributed by atoms with Gasteiger partial charge in [0.1, 0.15) is 0 Å². The molecule has 0 saturated heterocycles. The standard InChI is InChI=1S/C10H21NO/c1-8(2)4-3-5-12-10-6-9(11)7-10/h8-10H,3-7,11H2,1-2H3. The molecule has 0 unspecified atom stereocenters. The molecule has 0 aromatic rings. The Labute approximate surface area is 75.5 Å². The number of hydrogen-bond donors (Lipinski definition) is 1. The predicted octanol–water partition coefficient (Wildman–Crippen LogP) is 1.93. The minimum Gasteiger partial charge on any atom is -0.378 e. The Morgan fingerprint density at radius 1 is 1.42 bits per heavy atom. The van der Waals surface area contributed by atoms with Crippen LogP contribution in [0.3, 0.4) is 0 Å². The van der Waals surface area contributed by atoms with Gasteiger partial charge in [-0.2, -0.15) is 0 Å². The van der Waals surface area contributed by atoms with Gasteiger partial charge in [-0.05, 0) is 31.6 Å². The fourth-order valence-corrected chi connectivity index (χ4v) is 1.48. The highest BCUT2D eigenvalue weighted by atomic mass is 16.5. The smallest absolute Gasteiger partial charge is 0.0604 e. The Hall–Kier alpha value is -0.0800. The van der Waals surface area contributed by atoms with E-state index in [1.165, 1.54) is 12.8 Å². The molecule has 1 aliphatic rings. The van der Waals surface area contributed by atoms with E-state index in [2.05, 4.69) is 13.8 Å². The molecule has 0 aromatic heterocycles. The SMILES string of the molecule is CC(C)CCCOC1CC(N)C1. The lowest BCUT2D eigenvalue weighted by molar-refractivity contribution is -0.0105. The molecule has 1 fully saturated rings. The second-order valence-corrected chi connectivity index (χ2v) is 4.26. The van der Waals surface area contributed by atoms with E-state index in [1.807, 2.05) is 0 Å². The fraction of sp³-hybridized carbons (Fsp3) is 1.00. The number of hydrogen-bond acceptors (Lipinski definition) is 2. The molecule has 2 N–H and O–H groups in total. The van der Waals surface area contributed by atoms with Gasteiger partial charge in [0.25, 0.3) is 0 Å². The maximum absolute atomic E-state index is 5.64. The van der Waals surface area contributed by atoms with Crippen LogP contribution in [-0.4, -0.2) is 18.8 Å². The van der Waals surface area contributed by atoms with Crippen LogP contribution in [-0.2, 0) is 4.74 Å². The minimum atomic E-state index is 0.417. The van der Waals surface area contributed by atoms with Crippen molar-refractivity contribution in [1.82, 2.24) is 0 Å². The molecule has 1 aliphatic carbocycles. The molecule has 0 spiro atoms. The summed E-state index contributed by atoms with van der Waals surface area (Å²) in [5.74, 6) is 0.803. The van der Waals surface area contributed by atoms with Gasteiger partial charge in [0.05, 0.1) is 6.10 Å². The van der Waals surface area contributed by atoms with Gasteiger partial charge in [0, 0.05) is 12.6 Å². The van der Waals surface area contributed by atoms with E-state index >= 15 is 0 Å². The summed E-state index contributed by atoms with van der Waals surface area (Å²) in [5.41, 5.74) is 5.64. The maximum Gasteiger partial charge on any atom is 0.0604 e. The molecule has 1 saturated carbocycles. The third-order valence-corrected chi connectivity index (χ3v) is 2.41. The van der Waals surface area contributed by atoms with Gasteiger partial charge in [-0.1, -0.05) is 13.8 Å². The zero-order valence-corrected chi connectivity index (χ0v) is 8.25. The summed E-state index contributed by atoms with van der Waals surface area (Å²) < 4.78 is 5.62. The fourth-order valence-electron chi connectivity index (χ4n) is 1.48. The van der Waals surface area contributed by atoms with Crippen LogP contribution < -0.4 is 5.73 Å². The van der Waals surface area contributed by atoms with E-state index in [-0.39, 0.29) is 0 Å². The molecule has 0 atom stereocenters. The zero-order chi connectivity index (χ0) is 8.97. The summed E-state index contributed by atoms with van der Waals surface area (Å²) in [6.45, 7) is 5.42. The summed E-state index contributed by atoms with van der Waals surface area (Å²) >= 11 is 0. The lowest BCUT2D eigenvalue weighted by atomic mass is 9.90. The first-order valence-electron chi connectivity index (χ1n) is 5.05. The molecule has 2 heteroatoms. The van der Waals surface area contributed by atoms with E-state index in [1.54, 1.807) is 0 Å². The van der Waals surface area contributed by atoms with Crippen molar-refractivity contribution in [3.05, 3.63) is 0 Å². The van der Waals surface area contributed by atoms with Crippen LogP contribution in [0.4, 0.5) is 0 Å². The van der Waals surface area contributed by atoms with Crippen molar-refractivity contribution in [2.45, 2.75) is 51.7 Å². The molecule has 0 aromatic carbocycles. The Morgan fingerprint density at radius 2 is 2.08 bits per heavy atom. The van der Waals surface area contributed by atoms with Crippen molar-refractivity contribution in [2.75, 3.05) is 6.61 Å². The largest absolute Gasteiger partial charge is 0.378 e. The molecular weight excluding hydrogens is 150 g/mol. The molecule has 2 nitrogen and oxygen atoms in total. The quantitative estimate of drug-likeness (QED) is 0.641. The Bertz CT molecular complexity index is 119. The van der Waals surface area contributed by atoms with Crippen LogP contribution in [0.1, 0.15) is 39.5 Å². The summed E-state index contributed by atoms with van der Waals surface area (Å²) in [7, 11) is 0. The third-order valence-electron chi connectivity index (χ3n) is 2.41. The van der Waals surface area contributed by atoms with Gasteiger partial charge in [-0.3, -0.25) is 0 Å². The lowest BCUT2D eigenvalue weighted by Gasteiger charge is -2.32. The zero-order valence-electron chi connectivity index (χ0n) is 8.25. The Morgan fingerprint density at radius 3 is 2.58 bits per heavy atom. The second kappa shape index (κ2) is 4.83. The van der Waals surface area contributed by atoms with Crippen molar-refractivity contribution >= 4 is 0 Å². The van der Waals surface area contributed by atoms with Gasteiger partial charge in [0.15, 0.2) is 0 Å². The van der Waals surface area contributed by atoms with E-state index in [4.69, 9.17) is 10.5 Å². The first kappa shape index (κ1) is 10.0. The van der Waals surface area contributed by atoms with Crippen LogP contribution in [0.25, 0.3) is 0 Å². The molecular formula is C10H21NO. The average molecular weight is 171 g/mol. The van der Waals surface area contributed by atoms with E-state index in [0.717, 1.165) is 25.4 Å². The van der Waals surface area contributed by atoms with E-state index < -0.39 is 0 Å². The topological polar surface area (TPSA) is 35.2 Å². The molecule has 0 radical (unpaired) electrons. The second-order valence-electron chi connectivity index (χ2n) is 4.26. The summed E-state index contributed by atoms with van der Waals surface area (Å²) in [5, 5.41) is 0. The highest BCUT2D eigenvalue weighted by Crippen LogP contribution is 2.21. The van der Waals surface area contributed by atoms with Gasteiger partial charge in [-0.15, -0.1) is 0 Å². The molecule has 0 bridgehead atoms. The average Bonchev–Trinajstić information content (AvgIpc) is 1.93. The lowest BCUT2D eigenvalue weighted by Crippen LogP contribution is -2.41. The summed E-state index contributed by atoms with van der Waals surface area (Å²) in [6.07, 6.45) is 5.10. The molecule has 0 heterocycles. The first-order chi connectivity index (χ1) is 5.68. The highest BCUT2D eigenvalue weighted by Gasteiger charge is 2.25. The summed E-state index contributed by atoms with van der Waals surface area (Å²) in [6, 6.07) is 0.417. The Kier molecular flexibility index (Phi) is 4.02. The number of nitrogens with two attached hydrogens (primary N) is 1. The van der Waals surface area contributed by atoms with Crippen LogP contribution in [0.5, 0.6) is 0 Å². The number of ether oxygens (including phenoxy) is 1. The van der Waals surface area contributed by atoms with E-state index in [0.29, 0.717) is 12.1 Å². The van der Waals surface area contributed by atoms with Crippen LogP contribution >= 0.6 is 0 Å². The third kappa shape index (κ3) is 3.55. The number of rotatable bonds is 5. The van der Waals surface area contributed by atoms with Crippen molar-refractivity contribution in [3.8, 4) is 0 Å². The molecule has 1 rings (SSSR count). The molecule has 0 amide bonds. The predicted molar refractivity (Wildman–Crippen MR) is 51.0 cm³/mol. The van der Waals surface area contributed by atoms with E-state index in [9.17, 15) is 0 Å². The van der Waals surface area contributed by atoms with Gasteiger partial charge < -0.3 is 10.5 Å². The highest BCUT2D eigenvalue weighted by molar-refractivity contribution is 4.82. The maximum atomic E-state index is 5.64. The van der Waals surface area contributed by atoms with Gasteiger partial charge >= 0.3 is 0 Å². The monoisotopic (exact) mass is 171 g/mol. The first-order valence-corrected chi connectivity index (χ1v) is 5.05. The van der Waals surface area contributed by atoms with Crippen molar-refractivity contribution in [2.24, 2.45) is 11.7 Å². The normalized spacial score (nSPS) is 29.0. The minimum absolute atomic E-state index is 0.417. The molecule has 12 heavy (non-hydrogen) atoms. The van der Waals surface area contributed by atoms with Crippen LogP contribution in [0.15, 0.2) is 0 Å². The van der Waals surface area contributed by atoms with Crippen molar-refractivity contribution < 1.29 is 4.74 Å². The summed E-state index contributed by atoms with van der Waals surface area (Å²) in [4.78, 5) is 0. The van der Waals surface area contributed by atoms with Crippen LogP contribution in [0.2, 0.25) is 0 Å². The van der Waals surface area contributed by atoms with Crippen molar-refractivity contribution in [3.63, 3.8) is 0 Å². The van der Waals surface area contributed by atoms with Crippen molar-refractivity contribution in [1.29, 1.82) is 0 Å².